The molecule has 1 rings (SSSR count). The minimum Gasteiger partial charge on any atom is -0.397 e. The van der Waals surface area contributed by atoms with Crippen LogP contribution in [0.3, 0.4) is 0 Å². The molecule has 0 unspecified atom stereocenters. The van der Waals surface area contributed by atoms with E-state index in [1.807, 2.05) is 0 Å². The number of nitrogens with zero attached hydrogens (tertiary/aromatic N) is 1. The number of hydrogen-bond acceptors (Lipinski definition) is 3. The van der Waals surface area contributed by atoms with Crippen LogP contribution in [0.1, 0.15) is 20.3 Å². The van der Waals surface area contributed by atoms with Crippen molar-refractivity contribution in [3.8, 4) is 0 Å². The van der Waals surface area contributed by atoms with Gasteiger partial charge in [0, 0.05) is 18.7 Å². The largest absolute Gasteiger partial charge is 0.397 e. The third-order valence-electron chi connectivity index (χ3n) is 2.98. The minimum atomic E-state index is -0.451. The van der Waals surface area contributed by atoms with Gasteiger partial charge in [0.25, 0.3) is 0 Å². The van der Waals surface area contributed by atoms with Gasteiger partial charge in [0.15, 0.2) is 0 Å². The molecule has 1 aromatic rings. The van der Waals surface area contributed by atoms with Crippen molar-refractivity contribution in [3.05, 3.63) is 23.0 Å². The van der Waals surface area contributed by atoms with E-state index >= 15 is 0 Å². The third kappa shape index (κ3) is 4.35. The Morgan fingerprint density at radius 2 is 2.11 bits per heavy atom. The lowest BCUT2D eigenvalue weighted by atomic mass is 10.2. The zero-order valence-electron chi connectivity index (χ0n) is 11.1. The average molecular weight is 274 g/mol. The third-order valence-corrected chi connectivity index (χ3v) is 3.27. The Morgan fingerprint density at radius 1 is 1.44 bits per heavy atom. The van der Waals surface area contributed by atoms with Crippen molar-refractivity contribution < 1.29 is 4.39 Å². The molecule has 0 saturated carbocycles. The topological polar surface area (TPSA) is 41.3 Å². The van der Waals surface area contributed by atoms with E-state index < -0.39 is 5.82 Å². The van der Waals surface area contributed by atoms with Crippen molar-refractivity contribution in [3.63, 3.8) is 0 Å². The van der Waals surface area contributed by atoms with Crippen LogP contribution >= 0.6 is 11.6 Å². The van der Waals surface area contributed by atoms with Crippen LogP contribution in [0.2, 0.25) is 5.02 Å². The predicted octanol–water partition coefficient (Wildman–Crippen LogP) is 3.20. The summed E-state index contributed by atoms with van der Waals surface area (Å²) in [5, 5.41) is 3.18. The van der Waals surface area contributed by atoms with Crippen LogP contribution in [0, 0.1) is 5.82 Å². The summed E-state index contributed by atoms with van der Waals surface area (Å²) in [7, 11) is 2.08. The molecule has 5 heteroatoms. The average Bonchev–Trinajstić information content (AvgIpc) is 2.30. The number of anilines is 2. The second-order valence-corrected chi connectivity index (χ2v) is 5.12. The number of nitrogen functional groups attached to an aromatic ring is 1. The van der Waals surface area contributed by atoms with E-state index in [9.17, 15) is 4.39 Å². The monoisotopic (exact) mass is 273 g/mol. The molecule has 102 valence electrons. The van der Waals surface area contributed by atoms with Gasteiger partial charge in [0.2, 0.25) is 0 Å². The fraction of sp³-hybridized carbons (Fsp3) is 0.538. The summed E-state index contributed by atoms with van der Waals surface area (Å²) in [5.74, 6) is -0.451. The van der Waals surface area contributed by atoms with E-state index in [4.69, 9.17) is 17.3 Å². The van der Waals surface area contributed by atoms with Crippen molar-refractivity contribution in [2.75, 3.05) is 31.2 Å². The highest BCUT2D eigenvalue weighted by molar-refractivity contribution is 6.31. The van der Waals surface area contributed by atoms with Crippen molar-refractivity contribution in [2.24, 2.45) is 0 Å². The second kappa shape index (κ2) is 6.81. The SMILES string of the molecule is CC(C)N(C)CCCNc1cc(F)c(Cl)cc1N. The van der Waals surface area contributed by atoms with Gasteiger partial charge in [-0.15, -0.1) is 0 Å². The maximum absolute atomic E-state index is 13.3. The fourth-order valence-corrected chi connectivity index (χ4v) is 1.70. The summed E-state index contributed by atoms with van der Waals surface area (Å²) >= 11 is 5.63. The first kappa shape index (κ1) is 15.1. The molecule has 0 aromatic heterocycles. The lowest BCUT2D eigenvalue weighted by Gasteiger charge is -2.21. The van der Waals surface area contributed by atoms with Gasteiger partial charge in [0.1, 0.15) is 5.82 Å². The van der Waals surface area contributed by atoms with Crippen LogP contribution in [0.4, 0.5) is 15.8 Å². The molecule has 0 bridgehead atoms. The summed E-state index contributed by atoms with van der Waals surface area (Å²) in [4.78, 5) is 2.26. The van der Waals surface area contributed by atoms with Crippen LogP contribution in [-0.4, -0.2) is 31.1 Å². The Balaban J connectivity index is 2.42. The minimum absolute atomic E-state index is 0.0533. The van der Waals surface area contributed by atoms with Gasteiger partial charge >= 0.3 is 0 Å². The smallest absolute Gasteiger partial charge is 0.143 e. The predicted molar refractivity (Wildman–Crippen MR) is 76.7 cm³/mol. The molecule has 3 N–H and O–H groups in total. The lowest BCUT2D eigenvalue weighted by Crippen LogP contribution is -2.28. The highest BCUT2D eigenvalue weighted by Gasteiger charge is 2.06. The van der Waals surface area contributed by atoms with Crippen LogP contribution < -0.4 is 11.1 Å². The molecule has 0 spiro atoms. The number of hydrogen-bond donors (Lipinski definition) is 2. The highest BCUT2D eigenvalue weighted by Crippen LogP contribution is 2.25. The first-order valence-electron chi connectivity index (χ1n) is 6.10. The van der Waals surface area contributed by atoms with Gasteiger partial charge in [-0.3, -0.25) is 0 Å². The van der Waals surface area contributed by atoms with Gasteiger partial charge in [-0.25, -0.2) is 4.39 Å². The van der Waals surface area contributed by atoms with Crippen LogP contribution in [0.25, 0.3) is 0 Å². The standard InChI is InChI=1S/C13H21ClFN3/c1-9(2)18(3)6-4-5-17-13-8-11(15)10(14)7-12(13)16/h7-9,17H,4-6,16H2,1-3H3. The Morgan fingerprint density at radius 3 is 2.72 bits per heavy atom. The van der Waals surface area contributed by atoms with E-state index in [1.165, 1.54) is 12.1 Å². The van der Waals surface area contributed by atoms with Gasteiger partial charge in [-0.1, -0.05) is 11.6 Å². The van der Waals surface area contributed by atoms with Gasteiger partial charge < -0.3 is 16.0 Å². The molecule has 1 aromatic carbocycles. The number of benzene rings is 1. The first-order valence-corrected chi connectivity index (χ1v) is 6.48. The van der Waals surface area contributed by atoms with Gasteiger partial charge in [-0.2, -0.15) is 0 Å². The maximum Gasteiger partial charge on any atom is 0.143 e. The Labute approximate surface area is 113 Å². The lowest BCUT2D eigenvalue weighted by molar-refractivity contribution is 0.273. The summed E-state index contributed by atoms with van der Waals surface area (Å²) in [6, 6.07) is 3.30. The summed E-state index contributed by atoms with van der Waals surface area (Å²) in [6.45, 7) is 6.04. The Kier molecular flexibility index (Phi) is 5.69. The molecule has 0 fully saturated rings. The van der Waals surface area contributed by atoms with E-state index in [2.05, 4.69) is 31.1 Å². The quantitative estimate of drug-likeness (QED) is 0.618. The summed E-state index contributed by atoms with van der Waals surface area (Å²) in [6.07, 6.45) is 0.971. The van der Waals surface area contributed by atoms with E-state index in [1.54, 1.807) is 0 Å². The normalized spacial score (nSPS) is 11.3. The van der Waals surface area contributed by atoms with Crippen LogP contribution in [-0.2, 0) is 0 Å². The Bertz CT molecular complexity index is 396. The molecule has 0 amide bonds. The Hall–Kier alpha value is -1.00. The highest BCUT2D eigenvalue weighted by atomic mass is 35.5. The maximum atomic E-state index is 13.3. The number of nitrogens with two attached hydrogens (primary N) is 1. The molecular formula is C13H21ClFN3. The summed E-state index contributed by atoms with van der Waals surface area (Å²) in [5.41, 5.74) is 6.83. The van der Waals surface area contributed by atoms with Gasteiger partial charge in [-0.05, 0) is 39.9 Å². The van der Waals surface area contributed by atoms with Crippen molar-refractivity contribution in [1.29, 1.82) is 0 Å². The molecule has 3 nitrogen and oxygen atoms in total. The zero-order chi connectivity index (χ0) is 13.7. The van der Waals surface area contributed by atoms with Crippen LogP contribution in [0.5, 0.6) is 0 Å². The molecule has 18 heavy (non-hydrogen) atoms. The molecule has 0 atom stereocenters. The molecule has 0 aliphatic heterocycles. The van der Waals surface area contributed by atoms with Crippen molar-refractivity contribution in [1.82, 2.24) is 4.90 Å². The fourth-order valence-electron chi connectivity index (χ4n) is 1.53. The number of halogens is 2. The van der Waals surface area contributed by atoms with E-state index in [-0.39, 0.29) is 5.02 Å². The van der Waals surface area contributed by atoms with Crippen molar-refractivity contribution >= 4 is 23.0 Å². The van der Waals surface area contributed by atoms with Crippen molar-refractivity contribution in [2.45, 2.75) is 26.3 Å². The van der Waals surface area contributed by atoms with Gasteiger partial charge in [0.05, 0.1) is 16.4 Å². The molecule has 0 heterocycles. The molecular weight excluding hydrogens is 253 g/mol. The van der Waals surface area contributed by atoms with Crippen LogP contribution in [0.15, 0.2) is 12.1 Å². The molecule has 0 aliphatic carbocycles. The second-order valence-electron chi connectivity index (χ2n) is 4.71. The van der Waals surface area contributed by atoms with E-state index in [0.29, 0.717) is 17.4 Å². The molecule has 0 aliphatic rings. The number of nitrogens with one attached hydrogen (secondary N) is 1. The molecule has 0 radical (unpaired) electrons. The molecule has 0 saturated heterocycles. The first-order chi connectivity index (χ1) is 8.41. The summed E-state index contributed by atoms with van der Waals surface area (Å²) < 4.78 is 13.3. The van der Waals surface area contributed by atoms with E-state index in [0.717, 1.165) is 19.5 Å². The number of rotatable bonds is 6. The zero-order valence-corrected chi connectivity index (χ0v) is 11.9.